The zero-order chi connectivity index (χ0) is 38.1. The maximum Gasteiger partial charge on any atom is 0.227 e. The van der Waals surface area contributed by atoms with Crippen molar-refractivity contribution >= 4 is 46.9 Å². The Morgan fingerprint density at radius 3 is 1.88 bits per heavy atom. The van der Waals surface area contributed by atoms with Gasteiger partial charge in [-0.1, -0.05) is 116 Å². The van der Waals surface area contributed by atoms with E-state index in [1.807, 2.05) is 70.2 Å². The summed E-state index contributed by atoms with van der Waals surface area (Å²) < 4.78 is 11.1. The Hall–Kier alpha value is -3.65. The molecule has 0 N–H and O–H groups in total. The molecule has 3 aliphatic carbocycles. The molecule has 0 unspecified atom stereocenters. The fourth-order valence-electron chi connectivity index (χ4n) is 5.53. The molecule has 5 nitrogen and oxygen atoms in total. The second-order valence-electron chi connectivity index (χ2n) is 11.9. The van der Waals surface area contributed by atoms with Gasteiger partial charge in [-0.05, 0) is 77.4 Å². The summed E-state index contributed by atoms with van der Waals surface area (Å²) in [5.74, 6) is 1.73. The maximum atomic E-state index is 13.6. The number of rotatable bonds is 12. The molecule has 0 aromatic heterocycles. The Kier molecular flexibility index (Phi) is 21.2. The van der Waals surface area contributed by atoms with E-state index in [0.717, 1.165) is 34.6 Å². The van der Waals surface area contributed by atoms with Gasteiger partial charge >= 0.3 is 0 Å². The van der Waals surface area contributed by atoms with Crippen LogP contribution >= 0.6 is 24.0 Å². The molecule has 0 heterocycles. The van der Waals surface area contributed by atoms with Crippen LogP contribution in [-0.2, 0) is 22.6 Å². The van der Waals surface area contributed by atoms with Gasteiger partial charge in [0.25, 0.3) is 0 Å². The molecule has 1 amide bonds. The molecule has 0 spiro atoms. The third-order valence-corrected chi connectivity index (χ3v) is 8.20. The largest absolute Gasteiger partial charge is 0.497 e. The Labute approximate surface area is 332 Å². The molecule has 1 atom stereocenters. The number of benzene rings is 3. The van der Waals surface area contributed by atoms with Crippen molar-refractivity contribution in [3.05, 3.63) is 137 Å². The predicted octanol–water partition coefficient (Wildman–Crippen LogP) is 12.2. The highest BCUT2D eigenvalue weighted by Crippen LogP contribution is 2.48. The number of aryl methyl sites for hydroxylation is 2. The molecule has 52 heavy (non-hydrogen) atoms. The van der Waals surface area contributed by atoms with Crippen LogP contribution in [-0.4, -0.2) is 25.9 Å². The summed E-state index contributed by atoms with van der Waals surface area (Å²) in [5, 5.41) is 0. The predicted molar refractivity (Wildman–Crippen MR) is 232 cm³/mol. The van der Waals surface area contributed by atoms with Gasteiger partial charge in [-0.25, -0.2) is 0 Å². The zero-order valence-corrected chi connectivity index (χ0v) is 35.9. The van der Waals surface area contributed by atoms with Crippen LogP contribution in [0.2, 0.25) is 0 Å². The van der Waals surface area contributed by atoms with Crippen molar-refractivity contribution < 1.29 is 19.1 Å². The Morgan fingerprint density at radius 1 is 0.788 bits per heavy atom. The lowest BCUT2D eigenvalue weighted by Gasteiger charge is -2.30. The van der Waals surface area contributed by atoms with Crippen molar-refractivity contribution in [1.82, 2.24) is 0 Å². The molecule has 281 valence electrons. The first-order valence-electron chi connectivity index (χ1n) is 18.6. The van der Waals surface area contributed by atoms with Crippen LogP contribution in [0.5, 0.6) is 11.5 Å². The second-order valence-corrected chi connectivity index (χ2v) is 11.9. The van der Waals surface area contributed by atoms with Gasteiger partial charge in [-0.2, -0.15) is 0 Å². The number of amides is 1. The highest BCUT2D eigenvalue weighted by molar-refractivity contribution is 14.0. The van der Waals surface area contributed by atoms with Crippen molar-refractivity contribution in [2.75, 3.05) is 19.1 Å². The number of carbonyl (C=O) groups is 2. The van der Waals surface area contributed by atoms with E-state index in [2.05, 4.69) is 89.1 Å². The lowest BCUT2D eigenvalue weighted by atomic mass is 9.82. The van der Waals surface area contributed by atoms with Gasteiger partial charge in [0, 0.05) is 48.9 Å². The summed E-state index contributed by atoms with van der Waals surface area (Å²) in [6.45, 7) is 20.5. The minimum Gasteiger partial charge on any atom is -0.497 e. The van der Waals surface area contributed by atoms with Gasteiger partial charge in [0.15, 0.2) is 5.78 Å². The summed E-state index contributed by atoms with van der Waals surface area (Å²) in [7, 11) is 3.29. The first-order chi connectivity index (χ1) is 24.7. The number of ketones is 1. The summed E-state index contributed by atoms with van der Waals surface area (Å²) in [6, 6.07) is 18.9. The number of hydrogen-bond donors (Lipinski definition) is 0. The molecule has 3 aliphatic rings. The quantitative estimate of drug-likeness (QED) is 0.171. The van der Waals surface area contributed by atoms with Crippen LogP contribution in [0.15, 0.2) is 84.0 Å². The maximum absolute atomic E-state index is 13.6. The smallest absolute Gasteiger partial charge is 0.227 e. The van der Waals surface area contributed by atoms with E-state index in [-0.39, 0.29) is 41.6 Å². The number of halogens is 1. The van der Waals surface area contributed by atoms with E-state index in [4.69, 9.17) is 9.47 Å². The van der Waals surface area contributed by atoms with Crippen LogP contribution in [0.1, 0.15) is 114 Å². The third kappa shape index (κ3) is 13.1. The SMILES string of the molecule is CC.CC.CC(=O)C1=C[CH]1.CCC.CCC(=O)N(Cc1ccc(OC)cc1OC)c1ccc(CC)cc1[C@H](C1=C[CH]1)c1cccc(C)c1C1=C[CH]1.I. The molecular formula is C46H61INO4. The first-order valence-corrected chi connectivity index (χ1v) is 18.6. The molecule has 0 saturated carbocycles. The topological polar surface area (TPSA) is 55.8 Å². The van der Waals surface area contributed by atoms with E-state index in [1.165, 1.54) is 39.8 Å². The number of nitrogens with zero attached hydrogens (tertiary/aromatic N) is 1. The Balaban J connectivity index is 0.000000835. The van der Waals surface area contributed by atoms with Gasteiger partial charge in [0.2, 0.25) is 5.91 Å². The monoisotopic (exact) mass is 818 g/mol. The average molecular weight is 819 g/mol. The molecule has 0 bridgehead atoms. The molecule has 0 fully saturated rings. The van der Waals surface area contributed by atoms with Crippen molar-refractivity contribution in [1.29, 1.82) is 0 Å². The van der Waals surface area contributed by atoms with Crippen LogP contribution < -0.4 is 14.4 Å². The number of methoxy groups -OCH3 is 2. The average Bonchev–Trinajstić information content (AvgIpc) is 3.99. The Morgan fingerprint density at radius 2 is 1.42 bits per heavy atom. The third-order valence-electron chi connectivity index (χ3n) is 8.20. The van der Waals surface area contributed by atoms with Crippen molar-refractivity contribution in [2.24, 2.45) is 0 Å². The van der Waals surface area contributed by atoms with Gasteiger partial charge in [0.1, 0.15) is 11.5 Å². The van der Waals surface area contributed by atoms with Gasteiger partial charge < -0.3 is 14.4 Å². The number of Topliss-reactive ketones (excluding diaryl/α,β-unsaturated/α-hetero) is 1. The summed E-state index contributed by atoms with van der Waals surface area (Å²) in [5.41, 5.74) is 11.6. The van der Waals surface area contributed by atoms with E-state index in [9.17, 15) is 9.59 Å². The fourth-order valence-corrected chi connectivity index (χ4v) is 5.53. The number of anilines is 1. The normalized spacial score (nSPS) is 13.0. The van der Waals surface area contributed by atoms with Crippen LogP contribution in [0.25, 0.3) is 5.57 Å². The molecule has 0 saturated heterocycles. The second kappa shape index (κ2) is 23.8. The lowest BCUT2D eigenvalue weighted by Crippen LogP contribution is -2.31. The summed E-state index contributed by atoms with van der Waals surface area (Å²) >= 11 is 0. The highest BCUT2D eigenvalue weighted by Gasteiger charge is 2.33. The Bertz CT molecular complexity index is 1700. The molecule has 3 aromatic carbocycles. The number of allylic oxidation sites excluding steroid dienone is 6. The number of hydrogen-bond acceptors (Lipinski definition) is 4. The first kappa shape index (κ1) is 46.4. The molecule has 3 aromatic rings. The summed E-state index contributed by atoms with van der Waals surface area (Å²) in [4.78, 5) is 25.6. The van der Waals surface area contributed by atoms with Gasteiger partial charge in [-0.3, -0.25) is 9.59 Å². The van der Waals surface area contributed by atoms with E-state index >= 15 is 0 Å². The van der Waals surface area contributed by atoms with Crippen molar-refractivity contribution in [2.45, 2.75) is 101 Å². The molecule has 6 rings (SSSR count). The van der Waals surface area contributed by atoms with Gasteiger partial charge in [0.05, 0.1) is 20.8 Å². The van der Waals surface area contributed by atoms with E-state index in [1.54, 1.807) is 21.1 Å². The minimum absolute atomic E-state index is 0. The standard InChI is InChI=1S/C34H35NO3.C5H5O.C3H8.2C2H6.HI/c1-6-23-11-18-30(35(32(36)7-2)21-26-16-17-27(37-4)20-31(26)38-5)29(19-23)34(25-14-15-25)28-10-8-9-22(3)33(28)24-12-13-24;1-4(6)5-2-3-5;1-3-2;2*1-2;/h8-20,34H,6-7,21H2,1-5H3;2-3H,1H3;3H2,1-2H3;2*1-2H3;1H/t34-;;;;;/m1...../s1. The van der Waals surface area contributed by atoms with E-state index < -0.39 is 0 Å². The van der Waals surface area contributed by atoms with Crippen LogP contribution in [0.4, 0.5) is 5.69 Å². The van der Waals surface area contributed by atoms with Crippen molar-refractivity contribution in [3.63, 3.8) is 0 Å². The van der Waals surface area contributed by atoms with Crippen molar-refractivity contribution in [3.8, 4) is 11.5 Å². The van der Waals surface area contributed by atoms with Crippen LogP contribution in [0.3, 0.4) is 0 Å². The van der Waals surface area contributed by atoms with Crippen LogP contribution in [0, 0.1) is 26.2 Å². The molecule has 3 radical (unpaired) electrons. The zero-order valence-electron chi connectivity index (χ0n) is 33.6. The number of ether oxygens (including phenoxy) is 2. The molecular weight excluding hydrogens is 757 g/mol. The number of carbonyl (C=O) groups excluding carboxylic acids is 2. The highest BCUT2D eigenvalue weighted by atomic mass is 127. The summed E-state index contributed by atoms with van der Waals surface area (Å²) in [6.07, 6.45) is 15.0. The molecule has 6 heteroatoms. The lowest BCUT2D eigenvalue weighted by molar-refractivity contribution is -0.118. The molecule has 0 aliphatic heterocycles. The van der Waals surface area contributed by atoms with Gasteiger partial charge in [-0.15, -0.1) is 24.0 Å². The minimum atomic E-state index is 0. The fraction of sp³-hybridized carbons (Fsp3) is 0.370. The van der Waals surface area contributed by atoms with E-state index in [0.29, 0.717) is 18.7 Å².